The van der Waals surface area contributed by atoms with E-state index in [9.17, 15) is 5.11 Å². The molecular weight excluding hydrogens is 208 g/mol. The van der Waals surface area contributed by atoms with Gasteiger partial charge in [-0.15, -0.1) is 11.3 Å². The molecule has 0 amide bonds. The molecule has 0 radical (unpaired) electrons. The Balaban J connectivity index is 2.70. The Morgan fingerprint density at radius 1 is 1.40 bits per heavy atom. The molecule has 0 aromatic carbocycles. The van der Waals surface area contributed by atoms with E-state index in [2.05, 4.69) is 16.8 Å². The van der Waals surface area contributed by atoms with Crippen LogP contribution < -0.4 is 0 Å². The van der Waals surface area contributed by atoms with Gasteiger partial charge in [0.2, 0.25) is 0 Å². The molecule has 0 saturated carbocycles. The molecule has 1 rings (SSSR count). The lowest BCUT2D eigenvalue weighted by Crippen LogP contribution is -2.43. The highest BCUT2D eigenvalue weighted by Crippen LogP contribution is 2.20. The summed E-state index contributed by atoms with van der Waals surface area (Å²) < 4.78 is 0. The van der Waals surface area contributed by atoms with Gasteiger partial charge in [0.05, 0.1) is 18.8 Å². The minimum absolute atomic E-state index is 0.160. The lowest BCUT2D eigenvalue weighted by molar-refractivity contribution is 0.0733. The van der Waals surface area contributed by atoms with Gasteiger partial charge in [0.25, 0.3) is 0 Å². The molecule has 4 heteroatoms. The third kappa shape index (κ3) is 3.00. The van der Waals surface area contributed by atoms with Gasteiger partial charge in [0.1, 0.15) is 5.01 Å². The molecule has 0 aliphatic carbocycles. The molecule has 1 aromatic rings. The smallest absolute Gasteiger partial charge is 0.107 e. The molecule has 15 heavy (non-hydrogen) atoms. The van der Waals surface area contributed by atoms with E-state index >= 15 is 0 Å². The van der Waals surface area contributed by atoms with Crippen LogP contribution >= 0.6 is 11.3 Å². The van der Waals surface area contributed by atoms with Gasteiger partial charge < -0.3 is 5.11 Å². The van der Waals surface area contributed by atoms with Crippen LogP contribution in [0.3, 0.4) is 0 Å². The Labute approximate surface area is 95.8 Å². The highest BCUT2D eigenvalue weighted by molar-refractivity contribution is 7.11. The molecule has 0 fully saturated rings. The first-order valence-electron chi connectivity index (χ1n) is 5.12. The Hall–Kier alpha value is -0.450. The third-order valence-electron chi connectivity index (χ3n) is 2.87. The van der Waals surface area contributed by atoms with Crippen molar-refractivity contribution in [2.75, 3.05) is 13.7 Å². The summed E-state index contributed by atoms with van der Waals surface area (Å²) in [5.74, 6) is 0. The summed E-state index contributed by atoms with van der Waals surface area (Å²) in [6, 6.07) is 0. The lowest BCUT2D eigenvalue weighted by atomic mass is 10.1. The Bertz CT molecular complexity index is 314. The molecule has 0 spiro atoms. The van der Waals surface area contributed by atoms with Crippen LogP contribution in [0.5, 0.6) is 0 Å². The van der Waals surface area contributed by atoms with Crippen molar-refractivity contribution in [1.29, 1.82) is 0 Å². The molecule has 0 unspecified atom stereocenters. The minimum atomic E-state index is -0.187. The summed E-state index contributed by atoms with van der Waals surface area (Å²) in [7, 11) is 2.02. The normalized spacial score (nSPS) is 12.5. The first-order valence-corrected chi connectivity index (χ1v) is 5.93. The molecular formula is C11H20N2OS. The van der Waals surface area contributed by atoms with E-state index in [4.69, 9.17) is 0 Å². The van der Waals surface area contributed by atoms with Crippen molar-refractivity contribution in [3.63, 3.8) is 0 Å². The predicted molar refractivity (Wildman–Crippen MR) is 64.2 cm³/mol. The Kier molecular flexibility index (Phi) is 3.87. The van der Waals surface area contributed by atoms with Crippen LogP contribution in [-0.2, 0) is 6.54 Å². The van der Waals surface area contributed by atoms with Gasteiger partial charge in [-0.05, 0) is 34.7 Å². The number of thiazole rings is 1. The van der Waals surface area contributed by atoms with E-state index in [0.29, 0.717) is 0 Å². The lowest BCUT2D eigenvalue weighted by Gasteiger charge is -2.33. The van der Waals surface area contributed by atoms with Crippen LogP contribution in [0.1, 0.15) is 29.4 Å². The van der Waals surface area contributed by atoms with Gasteiger partial charge in [-0.2, -0.15) is 0 Å². The number of hydrogen-bond donors (Lipinski definition) is 1. The second-order valence-electron chi connectivity index (χ2n) is 4.58. The van der Waals surface area contributed by atoms with Gasteiger partial charge in [-0.25, -0.2) is 4.98 Å². The van der Waals surface area contributed by atoms with Crippen molar-refractivity contribution in [1.82, 2.24) is 9.88 Å². The minimum Gasteiger partial charge on any atom is -0.394 e. The average molecular weight is 228 g/mol. The van der Waals surface area contributed by atoms with Gasteiger partial charge in [-0.3, -0.25) is 4.90 Å². The van der Waals surface area contributed by atoms with Crippen molar-refractivity contribution in [2.45, 2.75) is 39.8 Å². The van der Waals surface area contributed by atoms with Crippen molar-refractivity contribution >= 4 is 11.3 Å². The topological polar surface area (TPSA) is 36.4 Å². The van der Waals surface area contributed by atoms with Gasteiger partial charge in [-0.1, -0.05) is 0 Å². The summed E-state index contributed by atoms with van der Waals surface area (Å²) in [5, 5.41) is 10.4. The molecule has 0 bridgehead atoms. The summed E-state index contributed by atoms with van der Waals surface area (Å²) in [6.07, 6.45) is 0. The average Bonchev–Trinajstić information content (AvgIpc) is 2.46. The number of aromatic nitrogens is 1. The maximum absolute atomic E-state index is 9.24. The number of aryl methyl sites for hydroxylation is 2. The Morgan fingerprint density at radius 2 is 2.00 bits per heavy atom. The zero-order valence-corrected chi connectivity index (χ0v) is 11.0. The highest BCUT2D eigenvalue weighted by Gasteiger charge is 2.23. The number of rotatable bonds is 4. The van der Waals surface area contributed by atoms with Crippen molar-refractivity contribution < 1.29 is 5.11 Å². The zero-order chi connectivity index (χ0) is 11.6. The molecule has 1 aromatic heterocycles. The second kappa shape index (κ2) is 4.60. The number of aliphatic hydroxyl groups excluding tert-OH is 1. The fourth-order valence-corrected chi connectivity index (χ4v) is 2.13. The fourth-order valence-electron chi connectivity index (χ4n) is 1.14. The standard InChI is InChI=1S/C11H20N2OS/c1-8-9(2)15-10(12-8)6-13(5)11(3,4)7-14/h14H,6-7H2,1-5H3. The van der Waals surface area contributed by atoms with E-state index in [1.807, 2.05) is 27.8 Å². The fraction of sp³-hybridized carbons (Fsp3) is 0.727. The predicted octanol–water partition coefficient (Wildman–Crippen LogP) is 1.96. The van der Waals surface area contributed by atoms with Crippen LogP contribution in [0.2, 0.25) is 0 Å². The summed E-state index contributed by atoms with van der Waals surface area (Å²) in [5.41, 5.74) is 0.929. The zero-order valence-electron chi connectivity index (χ0n) is 10.2. The number of aliphatic hydroxyl groups is 1. The molecule has 0 atom stereocenters. The molecule has 0 saturated heterocycles. The monoisotopic (exact) mass is 228 g/mol. The maximum Gasteiger partial charge on any atom is 0.107 e. The molecule has 1 N–H and O–H groups in total. The number of likely N-dealkylation sites (N-methyl/N-ethyl adjacent to an activating group) is 1. The van der Waals surface area contributed by atoms with E-state index in [-0.39, 0.29) is 12.1 Å². The van der Waals surface area contributed by atoms with Crippen molar-refractivity contribution in [2.24, 2.45) is 0 Å². The van der Waals surface area contributed by atoms with Gasteiger partial charge >= 0.3 is 0 Å². The van der Waals surface area contributed by atoms with Crippen molar-refractivity contribution in [3.8, 4) is 0 Å². The van der Waals surface area contributed by atoms with Crippen LogP contribution in [0, 0.1) is 13.8 Å². The quantitative estimate of drug-likeness (QED) is 0.856. The molecule has 3 nitrogen and oxygen atoms in total. The van der Waals surface area contributed by atoms with E-state index in [1.54, 1.807) is 11.3 Å². The van der Waals surface area contributed by atoms with Gasteiger partial charge in [0.15, 0.2) is 0 Å². The maximum atomic E-state index is 9.24. The number of nitrogens with zero attached hydrogens (tertiary/aromatic N) is 2. The second-order valence-corrected chi connectivity index (χ2v) is 5.86. The van der Waals surface area contributed by atoms with Gasteiger partial charge in [0, 0.05) is 10.4 Å². The summed E-state index contributed by atoms with van der Waals surface area (Å²) >= 11 is 1.73. The SMILES string of the molecule is Cc1nc(CN(C)C(C)(C)CO)sc1C. The first kappa shape index (κ1) is 12.6. The third-order valence-corrected chi connectivity index (χ3v) is 3.92. The molecule has 86 valence electrons. The molecule has 0 aliphatic heterocycles. The largest absolute Gasteiger partial charge is 0.394 e. The van der Waals surface area contributed by atoms with Crippen molar-refractivity contribution in [3.05, 3.63) is 15.6 Å². The van der Waals surface area contributed by atoms with E-state index in [1.165, 1.54) is 4.88 Å². The summed E-state index contributed by atoms with van der Waals surface area (Å²) in [4.78, 5) is 7.90. The van der Waals surface area contributed by atoms with E-state index < -0.39 is 0 Å². The van der Waals surface area contributed by atoms with Crippen LogP contribution in [0.4, 0.5) is 0 Å². The molecule has 1 heterocycles. The van der Waals surface area contributed by atoms with E-state index in [0.717, 1.165) is 17.2 Å². The van der Waals surface area contributed by atoms with Crippen LogP contribution in [0.15, 0.2) is 0 Å². The van der Waals surface area contributed by atoms with Crippen LogP contribution in [-0.4, -0.2) is 34.2 Å². The Morgan fingerprint density at radius 3 is 2.40 bits per heavy atom. The first-order chi connectivity index (χ1) is 6.86. The summed E-state index contributed by atoms with van der Waals surface area (Å²) in [6.45, 7) is 9.14. The van der Waals surface area contributed by atoms with Crippen LogP contribution in [0.25, 0.3) is 0 Å². The number of hydrogen-bond acceptors (Lipinski definition) is 4. The highest BCUT2D eigenvalue weighted by atomic mass is 32.1. The molecule has 0 aliphatic rings.